The molecule has 2 unspecified atom stereocenters. The first kappa shape index (κ1) is 28.6. The SMILES string of the molecule is CN(NC(=O)c1cc(NC(=O)C2C(c3cc(Cl)cc(Cl)c3)C2(Cl)Cl)ccc1Cl)c1cc(C(F)(F)F)ccn1. The molecular weight excluding hydrogens is 611 g/mol. The predicted molar refractivity (Wildman–Crippen MR) is 142 cm³/mol. The summed E-state index contributed by atoms with van der Waals surface area (Å²) in [7, 11) is 1.32. The van der Waals surface area contributed by atoms with Crippen molar-refractivity contribution in [2.24, 2.45) is 5.92 Å². The van der Waals surface area contributed by atoms with E-state index >= 15 is 0 Å². The molecule has 38 heavy (non-hydrogen) atoms. The number of carbonyl (C=O) groups excluding carboxylic acids is 2. The number of benzene rings is 2. The zero-order chi connectivity index (χ0) is 28.0. The minimum Gasteiger partial charge on any atom is -0.326 e. The second kappa shape index (κ2) is 10.6. The first-order valence-electron chi connectivity index (χ1n) is 10.7. The van der Waals surface area contributed by atoms with Crippen molar-refractivity contribution in [3.63, 3.8) is 0 Å². The summed E-state index contributed by atoms with van der Waals surface area (Å²) in [5.74, 6) is -2.85. The van der Waals surface area contributed by atoms with Crippen LogP contribution < -0.4 is 15.8 Å². The van der Waals surface area contributed by atoms with Gasteiger partial charge in [-0.05, 0) is 54.1 Å². The number of rotatable bonds is 6. The number of aromatic nitrogens is 1. The Morgan fingerprint density at radius 3 is 2.29 bits per heavy atom. The Morgan fingerprint density at radius 2 is 1.66 bits per heavy atom. The number of nitrogens with one attached hydrogen (secondary N) is 2. The van der Waals surface area contributed by atoms with E-state index in [1.807, 2.05) is 0 Å². The fourth-order valence-corrected chi connectivity index (χ4v) is 5.44. The van der Waals surface area contributed by atoms with Gasteiger partial charge in [-0.15, -0.1) is 23.2 Å². The zero-order valence-corrected chi connectivity index (χ0v) is 22.9. The molecule has 1 aromatic heterocycles. The first-order chi connectivity index (χ1) is 17.7. The number of pyridine rings is 1. The van der Waals surface area contributed by atoms with Crippen molar-refractivity contribution < 1.29 is 22.8 Å². The average Bonchev–Trinajstić information content (AvgIpc) is 3.41. The van der Waals surface area contributed by atoms with E-state index < -0.39 is 39.7 Å². The molecule has 2 amide bonds. The summed E-state index contributed by atoms with van der Waals surface area (Å²) >= 11 is 31.1. The fourth-order valence-electron chi connectivity index (χ4n) is 3.87. The van der Waals surface area contributed by atoms with Crippen LogP contribution in [0.15, 0.2) is 54.7 Å². The van der Waals surface area contributed by atoms with E-state index in [2.05, 4.69) is 15.7 Å². The van der Waals surface area contributed by atoms with Gasteiger partial charge in [-0.1, -0.05) is 34.8 Å². The Kier molecular flexibility index (Phi) is 7.99. The van der Waals surface area contributed by atoms with Gasteiger partial charge in [-0.2, -0.15) is 13.2 Å². The van der Waals surface area contributed by atoms with Gasteiger partial charge in [0.25, 0.3) is 5.91 Å². The second-order valence-electron chi connectivity index (χ2n) is 8.42. The van der Waals surface area contributed by atoms with Crippen molar-refractivity contribution in [1.29, 1.82) is 0 Å². The van der Waals surface area contributed by atoms with E-state index in [0.29, 0.717) is 15.6 Å². The normalized spacial score (nSPS) is 18.0. The third-order valence-corrected chi connectivity index (χ3v) is 7.45. The maximum absolute atomic E-state index is 13.0. The summed E-state index contributed by atoms with van der Waals surface area (Å²) in [5, 5.41) is 4.43. The Bertz CT molecular complexity index is 1400. The van der Waals surface area contributed by atoms with E-state index in [9.17, 15) is 22.8 Å². The molecule has 3 aromatic rings. The molecule has 2 N–H and O–H groups in total. The van der Waals surface area contributed by atoms with Crippen molar-refractivity contribution in [1.82, 2.24) is 10.4 Å². The summed E-state index contributed by atoms with van der Waals surface area (Å²) in [6.07, 6.45) is -3.61. The highest BCUT2D eigenvalue weighted by Gasteiger charge is 2.67. The molecule has 0 spiro atoms. The molecule has 0 bridgehead atoms. The van der Waals surface area contributed by atoms with Crippen LogP contribution in [0.3, 0.4) is 0 Å². The number of alkyl halides is 5. The number of amides is 2. The standard InChI is InChI=1S/C24H16Cl5F3N4O2/c1-36(18-8-12(4-5-33-18)24(30,31)32)35-21(37)16-10-15(2-3-17(16)27)34-22(38)20-19(23(20,28)29)11-6-13(25)9-14(26)7-11/h2-10,19-20H,1H3,(H,34,38)(H,35,37). The molecule has 0 aliphatic heterocycles. The fraction of sp³-hybridized carbons (Fsp3) is 0.208. The lowest BCUT2D eigenvalue weighted by Crippen LogP contribution is -2.40. The molecule has 14 heteroatoms. The van der Waals surface area contributed by atoms with Crippen LogP contribution in [0.2, 0.25) is 15.1 Å². The van der Waals surface area contributed by atoms with Gasteiger partial charge in [-0.25, -0.2) is 4.98 Å². The van der Waals surface area contributed by atoms with Crippen LogP contribution in [0.4, 0.5) is 24.7 Å². The minimum atomic E-state index is -4.58. The number of carbonyl (C=O) groups is 2. The van der Waals surface area contributed by atoms with Gasteiger partial charge in [-0.3, -0.25) is 20.0 Å². The number of nitrogens with zero attached hydrogens (tertiary/aromatic N) is 2. The van der Waals surface area contributed by atoms with Gasteiger partial charge < -0.3 is 5.32 Å². The predicted octanol–water partition coefficient (Wildman–Crippen LogP) is 7.37. The largest absolute Gasteiger partial charge is 0.416 e. The average molecular weight is 627 g/mol. The maximum atomic E-state index is 13.0. The number of anilines is 2. The highest BCUT2D eigenvalue weighted by atomic mass is 35.5. The topological polar surface area (TPSA) is 74.3 Å². The van der Waals surface area contributed by atoms with E-state index in [1.54, 1.807) is 12.1 Å². The van der Waals surface area contributed by atoms with Crippen molar-refractivity contribution in [3.05, 3.63) is 86.5 Å². The van der Waals surface area contributed by atoms with Crippen molar-refractivity contribution in [2.45, 2.75) is 16.4 Å². The van der Waals surface area contributed by atoms with Crippen LogP contribution >= 0.6 is 58.0 Å². The first-order valence-corrected chi connectivity index (χ1v) is 12.6. The molecule has 1 aliphatic carbocycles. The van der Waals surface area contributed by atoms with Crippen LogP contribution in [-0.2, 0) is 11.0 Å². The minimum absolute atomic E-state index is 0.0350. The molecule has 200 valence electrons. The van der Waals surface area contributed by atoms with Crippen LogP contribution in [0.25, 0.3) is 0 Å². The van der Waals surface area contributed by atoms with Gasteiger partial charge in [0.15, 0.2) is 0 Å². The van der Waals surface area contributed by atoms with Gasteiger partial charge in [0.2, 0.25) is 5.91 Å². The van der Waals surface area contributed by atoms with Crippen LogP contribution in [0.1, 0.15) is 27.4 Å². The lowest BCUT2D eigenvalue weighted by atomic mass is 10.1. The molecule has 4 rings (SSSR count). The molecule has 2 aromatic carbocycles. The quantitative estimate of drug-likeness (QED) is 0.221. The van der Waals surface area contributed by atoms with E-state index in [-0.39, 0.29) is 22.1 Å². The van der Waals surface area contributed by atoms with Crippen LogP contribution in [-0.4, -0.2) is 28.2 Å². The lowest BCUT2D eigenvalue weighted by molar-refractivity contribution is -0.137. The number of halogens is 8. The molecule has 1 aliphatic rings. The Morgan fingerprint density at radius 1 is 1.00 bits per heavy atom. The smallest absolute Gasteiger partial charge is 0.326 e. The van der Waals surface area contributed by atoms with Crippen LogP contribution in [0, 0.1) is 5.92 Å². The summed E-state index contributed by atoms with van der Waals surface area (Å²) < 4.78 is 37.6. The maximum Gasteiger partial charge on any atom is 0.416 e. The van der Waals surface area contributed by atoms with E-state index in [4.69, 9.17) is 58.0 Å². The van der Waals surface area contributed by atoms with Crippen LogP contribution in [0.5, 0.6) is 0 Å². The van der Waals surface area contributed by atoms with Gasteiger partial charge in [0, 0.05) is 34.9 Å². The Hall–Kier alpha value is -2.43. The zero-order valence-electron chi connectivity index (χ0n) is 19.1. The van der Waals surface area contributed by atoms with Crippen molar-refractivity contribution in [2.75, 3.05) is 17.4 Å². The van der Waals surface area contributed by atoms with Gasteiger partial charge >= 0.3 is 6.18 Å². The molecule has 2 atom stereocenters. The second-order valence-corrected chi connectivity index (χ2v) is 11.1. The molecule has 1 saturated carbocycles. The molecule has 0 radical (unpaired) electrons. The van der Waals surface area contributed by atoms with Gasteiger partial charge in [0.05, 0.1) is 22.1 Å². The Labute approximate surface area is 239 Å². The van der Waals surface area contributed by atoms with E-state index in [1.165, 1.54) is 31.3 Å². The molecular formula is C24H16Cl5F3N4O2. The molecule has 1 heterocycles. The highest BCUT2D eigenvalue weighted by molar-refractivity contribution is 6.53. The number of hydrazine groups is 1. The number of hydrogen-bond donors (Lipinski definition) is 2. The third kappa shape index (κ3) is 6.07. The highest BCUT2D eigenvalue weighted by Crippen LogP contribution is 2.65. The monoisotopic (exact) mass is 624 g/mol. The third-order valence-electron chi connectivity index (χ3n) is 5.74. The summed E-state index contributed by atoms with van der Waals surface area (Å²) in [5.41, 5.74) is 2.22. The van der Waals surface area contributed by atoms with Crippen molar-refractivity contribution >= 4 is 81.3 Å². The van der Waals surface area contributed by atoms with Gasteiger partial charge in [0.1, 0.15) is 10.2 Å². The summed E-state index contributed by atoms with van der Waals surface area (Å²) in [4.78, 5) is 29.7. The molecule has 1 fully saturated rings. The molecule has 0 saturated heterocycles. The Balaban J connectivity index is 1.48. The van der Waals surface area contributed by atoms with Crippen molar-refractivity contribution in [3.8, 4) is 0 Å². The lowest BCUT2D eigenvalue weighted by Gasteiger charge is -2.20. The number of hydrogen-bond acceptors (Lipinski definition) is 4. The summed E-state index contributed by atoms with van der Waals surface area (Å²) in [6.45, 7) is 0. The van der Waals surface area contributed by atoms with E-state index in [0.717, 1.165) is 23.3 Å². The summed E-state index contributed by atoms with van der Waals surface area (Å²) in [6, 6.07) is 10.5. The molecule has 6 nitrogen and oxygen atoms in total.